The summed E-state index contributed by atoms with van der Waals surface area (Å²) in [7, 11) is 1.65. The van der Waals surface area contributed by atoms with Crippen molar-refractivity contribution >= 4 is 11.5 Å². The van der Waals surface area contributed by atoms with Crippen LogP contribution >= 0.6 is 0 Å². The zero-order chi connectivity index (χ0) is 15.6. The van der Waals surface area contributed by atoms with Gasteiger partial charge in [0, 0.05) is 26.0 Å². The zero-order valence-corrected chi connectivity index (χ0v) is 12.8. The Labute approximate surface area is 132 Å². The molecular weight excluding hydrogens is 298 g/mol. The second-order valence-electron chi connectivity index (χ2n) is 5.33. The van der Waals surface area contributed by atoms with E-state index in [9.17, 15) is 0 Å². The van der Waals surface area contributed by atoms with E-state index < -0.39 is 0 Å². The second kappa shape index (κ2) is 5.98. The molecule has 1 aliphatic heterocycles. The molecule has 8 heteroatoms. The van der Waals surface area contributed by atoms with Gasteiger partial charge < -0.3 is 18.8 Å². The fraction of sp³-hybridized carbons (Fsp3) is 0.400. The van der Waals surface area contributed by atoms with Gasteiger partial charge in [-0.3, -0.25) is 4.40 Å². The minimum atomic E-state index is -0.0512. The molecule has 3 aromatic rings. The maximum atomic E-state index is 5.89. The number of rotatable bonds is 4. The van der Waals surface area contributed by atoms with Crippen LogP contribution in [0.25, 0.3) is 5.65 Å². The minimum absolute atomic E-state index is 0.0512. The molecule has 120 valence electrons. The first-order valence-electron chi connectivity index (χ1n) is 7.43. The monoisotopic (exact) mass is 315 g/mol. The van der Waals surface area contributed by atoms with Gasteiger partial charge in [0.2, 0.25) is 5.65 Å². The highest BCUT2D eigenvalue weighted by molar-refractivity contribution is 5.64. The van der Waals surface area contributed by atoms with E-state index in [0.29, 0.717) is 26.4 Å². The molecule has 1 aliphatic rings. The van der Waals surface area contributed by atoms with Gasteiger partial charge in [0.15, 0.2) is 5.82 Å². The summed E-state index contributed by atoms with van der Waals surface area (Å²) in [6, 6.07) is 3.84. The van der Waals surface area contributed by atoms with Crippen LogP contribution in [0.5, 0.6) is 0 Å². The number of aromatic nitrogens is 4. The average molecular weight is 315 g/mol. The summed E-state index contributed by atoms with van der Waals surface area (Å²) in [4.78, 5) is 6.66. The van der Waals surface area contributed by atoms with Gasteiger partial charge in [-0.15, -0.1) is 10.2 Å². The van der Waals surface area contributed by atoms with E-state index in [-0.39, 0.29) is 6.04 Å². The molecule has 0 amide bonds. The first kappa shape index (κ1) is 14.2. The number of anilines is 1. The van der Waals surface area contributed by atoms with Gasteiger partial charge in [-0.05, 0) is 12.1 Å². The first-order valence-corrected chi connectivity index (χ1v) is 7.43. The van der Waals surface area contributed by atoms with Crippen molar-refractivity contribution in [2.24, 2.45) is 0 Å². The number of furan rings is 1. The van der Waals surface area contributed by atoms with E-state index in [2.05, 4.69) is 20.1 Å². The lowest BCUT2D eigenvalue weighted by Crippen LogP contribution is -2.40. The minimum Gasteiger partial charge on any atom is -0.461 e. The molecule has 0 saturated carbocycles. The van der Waals surface area contributed by atoms with Crippen molar-refractivity contribution in [3.05, 3.63) is 42.4 Å². The summed E-state index contributed by atoms with van der Waals surface area (Å²) in [5.41, 5.74) is 0.725. The third kappa shape index (κ3) is 2.55. The smallest absolute Gasteiger partial charge is 0.203 e. The number of methoxy groups -OCH3 is 1. The van der Waals surface area contributed by atoms with E-state index in [1.165, 1.54) is 0 Å². The molecule has 0 aromatic carbocycles. The van der Waals surface area contributed by atoms with Gasteiger partial charge in [-0.1, -0.05) is 0 Å². The highest BCUT2D eigenvalue weighted by Crippen LogP contribution is 2.31. The van der Waals surface area contributed by atoms with Crippen LogP contribution in [0.2, 0.25) is 0 Å². The van der Waals surface area contributed by atoms with Crippen molar-refractivity contribution in [1.82, 2.24) is 19.6 Å². The molecule has 0 bridgehead atoms. The summed E-state index contributed by atoms with van der Waals surface area (Å²) < 4.78 is 18.5. The SMILES string of the molecule is COCc1ccc(C2COCCN2c2nccn3cnnc23)o1. The lowest BCUT2D eigenvalue weighted by atomic mass is 10.1. The predicted molar refractivity (Wildman–Crippen MR) is 81.1 cm³/mol. The largest absolute Gasteiger partial charge is 0.461 e. The van der Waals surface area contributed by atoms with E-state index in [0.717, 1.165) is 23.0 Å². The quantitative estimate of drug-likeness (QED) is 0.721. The molecule has 1 fully saturated rings. The van der Waals surface area contributed by atoms with Crippen molar-refractivity contribution in [3.63, 3.8) is 0 Å². The number of morpholine rings is 1. The highest BCUT2D eigenvalue weighted by Gasteiger charge is 2.30. The van der Waals surface area contributed by atoms with Crippen molar-refractivity contribution in [1.29, 1.82) is 0 Å². The Morgan fingerprint density at radius 2 is 2.35 bits per heavy atom. The van der Waals surface area contributed by atoms with E-state index in [1.807, 2.05) is 22.7 Å². The van der Waals surface area contributed by atoms with Gasteiger partial charge in [0.05, 0.1) is 13.2 Å². The Morgan fingerprint density at radius 1 is 1.39 bits per heavy atom. The number of nitrogens with zero attached hydrogens (tertiary/aromatic N) is 5. The molecule has 0 radical (unpaired) electrons. The fourth-order valence-corrected chi connectivity index (χ4v) is 2.83. The molecule has 23 heavy (non-hydrogen) atoms. The Morgan fingerprint density at radius 3 is 3.26 bits per heavy atom. The van der Waals surface area contributed by atoms with Crippen LogP contribution in [0.3, 0.4) is 0 Å². The van der Waals surface area contributed by atoms with E-state index in [4.69, 9.17) is 13.9 Å². The van der Waals surface area contributed by atoms with Crippen molar-refractivity contribution in [2.45, 2.75) is 12.6 Å². The summed E-state index contributed by atoms with van der Waals surface area (Å²) in [6.07, 6.45) is 5.24. The fourth-order valence-electron chi connectivity index (χ4n) is 2.83. The van der Waals surface area contributed by atoms with Gasteiger partial charge in [0.25, 0.3) is 0 Å². The molecule has 4 heterocycles. The van der Waals surface area contributed by atoms with Gasteiger partial charge in [-0.25, -0.2) is 4.98 Å². The van der Waals surface area contributed by atoms with Crippen molar-refractivity contribution in [3.8, 4) is 0 Å². The Kier molecular flexibility index (Phi) is 3.68. The highest BCUT2D eigenvalue weighted by atomic mass is 16.5. The van der Waals surface area contributed by atoms with Crippen molar-refractivity contribution < 1.29 is 13.9 Å². The number of fused-ring (bicyclic) bond motifs is 1. The predicted octanol–water partition coefficient (Wildman–Crippen LogP) is 1.44. The molecule has 8 nitrogen and oxygen atoms in total. The number of ether oxygens (including phenoxy) is 2. The summed E-state index contributed by atoms with van der Waals surface area (Å²) in [6.45, 7) is 2.34. The Hall–Kier alpha value is -2.45. The van der Waals surface area contributed by atoms with Crippen LogP contribution in [0.15, 0.2) is 35.3 Å². The van der Waals surface area contributed by atoms with Crippen LogP contribution in [0.4, 0.5) is 5.82 Å². The zero-order valence-electron chi connectivity index (χ0n) is 12.8. The lowest BCUT2D eigenvalue weighted by Gasteiger charge is -2.35. The summed E-state index contributed by atoms with van der Waals surface area (Å²) >= 11 is 0. The summed E-state index contributed by atoms with van der Waals surface area (Å²) in [5.74, 6) is 2.41. The first-order chi connectivity index (χ1) is 11.4. The Bertz CT molecular complexity index is 799. The topological polar surface area (TPSA) is 77.9 Å². The van der Waals surface area contributed by atoms with Gasteiger partial charge in [-0.2, -0.15) is 0 Å². The molecule has 0 spiro atoms. The molecule has 1 saturated heterocycles. The lowest BCUT2D eigenvalue weighted by molar-refractivity contribution is 0.0854. The van der Waals surface area contributed by atoms with Crippen LogP contribution < -0.4 is 4.90 Å². The average Bonchev–Trinajstić information content (AvgIpc) is 3.24. The number of hydrogen-bond acceptors (Lipinski definition) is 7. The van der Waals surface area contributed by atoms with Gasteiger partial charge in [0.1, 0.15) is 30.5 Å². The standard InChI is InChI=1S/C15H17N5O3/c1-21-8-11-2-3-13(23-11)12-9-22-7-6-20(12)14-15-18-17-10-19(15)5-4-16-14/h2-5,10,12H,6-9H2,1H3. The van der Waals surface area contributed by atoms with Crippen LogP contribution in [0.1, 0.15) is 17.6 Å². The normalized spacial score (nSPS) is 18.7. The summed E-state index contributed by atoms with van der Waals surface area (Å²) in [5, 5.41) is 8.13. The number of hydrogen-bond donors (Lipinski definition) is 0. The second-order valence-corrected chi connectivity index (χ2v) is 5.33. The molecule has 0 aliphatic carbocycles. The third-order valence-electron chi connectivity index (χ3n) is 3.90. The molecule has 1 unspecified atom stereocenters. The Balaban J connectivity index is 1.71. The van der Waals surface area contributed by atoms with Crippen molar-refractivity contribution in [2.75, 3.05) is 31.8 Å². The molecule has 0 N–H and O–H groups in total. The molecule has 4 rings (SSSR count). The maximum Gasteiger partial charge on any atom is 0.203 e. The molecular formula is C15H17N5O3. The van der Waals surface area contributed by atoms with E-state index in [1.54, 1.807) is 19.6 Å². The molecule has 1 atom stereocenters. The molecule has 3 aromatic heterocycles. The van der Waals surface area contributed by atoms with E-state index >= 15 is 0 Å². The third-order valence-corrected chi connectivity index (χ3v) is 3.90. The van der Waals surface area contributed by atoms with Gasteiger partial charge >= 0.3 is 0 Å². The van der Waals surface area contributed by atoms with Crippen LogP contribution in [-0.4, -0.2) is 46.5 Å². The van der Waals surface area contributed by atoms with Crippen LogP contribution in [0, 0.1) is 0 Å². The maximum absolute atomic E-state index is 5.89. The van der Waals surface area contributed by atoms with Crippen LogP contribution in [-0.2, 0) is 16.1 Å².